The van der Waals surface area contributed by atoms with Crippen molar-refractivity contribution in [1.82, 2.24) is 0 Å². The van der Waals surface area contributed by atoms with E-state index in [1.807, 2.05) is 50.2 Å². The Labute approximate surface area is 201 Å². The molecular formula is C27H23FN2O5. The summed E-state index contributed by atoms with van der Waals surface area (Å²) >= 11 is 0. The van der Waals surface area contributed by atoms with Crippen LogP contribution in [-0.2, 0) is 4.79 Å². The number of carbonyl (C=O) groups excluding carboxylic acids is 1. The third-order valence-corrected chi connectivity index (χ3v) is 5.60. The molecule has 1 N–H and O–H groups in total. The van der Waals surface area contributed by atoms with Gasteiger partial charge in [0.25, 0.3) is 0 Å². The lowest BCUT2D eigenvalue weighted by Gasteiger charge is -2.15. The quantitative estimate of drug-likeness (QED) is 0.179. The van der Waals surface area contributed by atoms with E-state index < -0.39 is 22.3 Å². The molecule has 0 unspecified atom stereocenters. The molecule has 1 aromatic heterocycles. The molecule has 1 amide bonds. The van der Waals surface area contributed by atoms with E-state index in [1.165, 1.54) is 12.1 Å². The highest BCUT2D eigenvalue weighted by atomic mass is 19.1. The van der Waals surface area contributed by atoms with Crippen molar-refractivity contribution in [3.05, 3.63) is 94.0 Å². The average molecular weight is 474 g/mol. The van der Waals surface area contributed by atoms with E-state index >= 15 is 0 Å². The third-order valence-electron chi connectivity index (χ3n) is 5.60. The summed E-state index contributed by atoms with van der Waals surface area (Å²) < 4.78 is 25.4. The number of nitro benzene ring substituents is 1. The van der Waals surface area contributed by atoms with Gasteiger partial charge in [-0.2, -0.15) is 4.39 Å². The lowest BCUT2D eigenvalue weighted by Crippen LogP contribution is -2.09. The number of anilines is 1. The predicted octanol–water partition coefficient (Wildman–Crippen LogP) is 6.90. The van der Waals surface area contributed by atoms with E-state index in [2.05, 4.69) is 5.32 Å². The molecule has 4 aromatic rings. The van der Waals surface area contributed by atoms with Crippen LogP contribution >= 0.6 is 0 Å². The summed E-state index contributed by atoms with van der Waals surface area (Å²) in [6, 6.07) is 15.0. The largest absolute Gasteiger partial charge is 0.493 e. The minimum Gasteiger partial charge on any atom is -0.493 e. The maximum Gasteiger partial charge on any atom is 0.306 e. The second-order valence-electron chi connectivity index (χ2n) is 7.94. The lowest BCUT2D eigenvalue weighted by atomic mass is 9.96. The van der Waals surface area contributed by atoms with E-state index in [4.69, 9.17) is 9.15 Å². The molecule has 0 radical (unpaired) electrons. The Morgan fingerprint density at radius 2 is 1.94 bits per heavy atom. The molecule has 1 heterocycles. The van der Waals surface area contributed by atoms with Crippen molar-refractivity contribution >= 4 is 33.8 Å². The molecule has 0 aliphatic carbocycles. The van der Waals surface area contributed by atoms with Gasteiger partial charge >= 0.3 is 5.69 Å². The molecule has 8 heteroatoms. The van der Waals surface area contributed by atoms with Gasteiger partial charge in [0.2, 0.25) is 11.7 Å². The molecule has 0 aliphatic heterocycles. The lowest BCUT2D eigenvalue weighted by molar-refractivity contribution is -0.387. The normalized spacial score (nSPS) is 11.5. The fraction of sp³-hybridized carbons (Fsp3) is 0.148. The van der Waals surface area contributed by atoms with E-state index in [9.17, 15) is 19.3 Å². The Balaban J connectivity index is 1.74. The topological polar surface area (TPSA) is 94.6 Å². The van der Waals surface area contributed by atoms with Gasteiger partial charge in [-0.25, -0.2) is 0 Å². The smallest absolute Gasteiger partial charge is 0.306 e. The van der Waals surface area contributed by atoms with Crippen LogP contribution in [0.5, 0.6) is 5.75 Å². The standard InChI is InChI=1S/C27H23FN2O5/c1-4-34-26-17(3)27-21(22(15-35-27)18-8-6-5-7-9-18)14-20(26)16(2)12-25(31)29-19-10-11-23(28)24(13-19)30(32)33/h5-15H,4H2,1-3H3,(H,29,31)/b16-12+. The van der Waals surface area contributed by atoms with E-state index in [0.29, 0.717) is 23.5 Å². The molecule has 0 atom stereocenters. The average Bonchev–Trinajstić information content (AvgIpc) is 3.26. The number of halogens is 1. The number of hydrogen-bond acceptors (Lipinski definition) is 5. The molecule has 0 saturated carbocycles. The van der Waals surface area contributed by atoms with Gasteiger partial charge in [-0.15, -0.1) is 0 Å². The van der Waals surface area contributed by atoms with E-state index in [1.54, 1.807) is 13.2 Å². The van der Waals surface area contributed by atoms with Crippen LogP contribution in [0, 0.1) is 22.9 Å². The summed E-state index contributed by atoms with van der Waals surface area (Å²) in [6.07, 6.45) is 3.08. The Hall–Kier alpha value is -4.46. The number of nitro groups is 1. The van der Waals surface area contributed by atoms with Gasteiger partial charge in [0.05, 0.1) is 17.8 Å². The van der Waals surface area contributed by atoms with Gasteiger partial charge in [-0.05, 0) is 50.1 Å². The molecular weight excluding hydrogens is 451 g/mol. The van der Waals surface area contributed by atoms with Crippen molar-refractivity contribution in [3.63, 3.8) is 0 Å². The van der Waals surface area contributed by atoms with E-state index in [0.717, 1.165) is 39.8 Å². The minimum atomic E-state index is -0.973. The molecule has 0 aliphatic rings. The highest BCUT2D eigenvalue weighted by Gasteiger charge is 2.20. The first-order valence-corrected chi connectivity index (χ1v) is 11.0. The number of hydrogen-bond donors (Lipinski definition) is 1. The molecule has 3 aromatic carbocycles. The van der Waals surface area contributed by atoms with Crippen LogP contribution in [0.25, 0.3) is 27.7 Å². The van der Waals surface area contributed by atoms with Crippen LogP contribution in [0.3, 0.4) is 0 Å². The first-order valence-electron chi connectivity index (χ1n) is 11.0. The second kappa shape index (κ2) is 9.80. The number of nitrogens with zero attached hydrogens (tertiary/aromatic N) is 1. The van der Waals surface area contributed by atoms with E-state index in [-0.39, 0.29) is 5.69 Å². The first-order chi connectivity index (χ1) is 16.8. The molecule has 4 rings (SSSR count). The number of carbonyl (C=O) groups is 1. The molecule has 0 saturated heterocycles. The van der Waals surface area contributed by atoms with Crippen LogP contribution in [0.1, 0.15) is 25.0 Å². The highest BCUT2D eigenvalue weighted by molar-refractivity contribution is 6.06. The Bertz CT molecular complexity index is 1460. The van der Waals surface area contributed by atoms with Crippen molar-refractivity contribution in [1.29, 1.82) is 0 Å². The Morgan fingerprint density at radius 1 is 1.20 bits per heavy atom. The van der Waals surface area contributed by atoms with Crippen molar-refractivity contribution in [2.45, 2.75) is 20.8 Å². The highest BCUT2D eigenvalue weighted by Crippen LogP contribution is 2.40. The number of nitrogens with one attached hydrogen (secondary N) is 1. The number of rotatable bonds is 7. The number of allylic oxidation sites excluding steroid dienone is 1. The van der Waals surface area contributed by atoms with Crippen molar-refractivity contribution in [2.24, 2.45) is 0 Å². The zero-order chi connectivity index (χ0) is 25.1. The number of benzene rings is 3. The Kier molecular flexibility index (Phi) is 6.64. The van der Waals surface area contributed by atoms with Gasteiger partial charge in [-0.1, -0.05) is 30.3 Å². The zero-order valence-corrected chi connectivity index (χ0v) is 19.4. The molecule has 0 bridgehead atoms. The summed E-state index contributed by atoms with van der Waals surface area (Å²) in [5, 5.41) is 14.4. The summed E-state index contributed by atoms with van der Waals surface area (Å²) in [6.45, 7) is 5.97. The van der Waals surface area contributed by atoms with Crippen LogP contribution in [0.15, 0.2) is 71.4 Å². The molecule has 178 valence electrons. The van der Waals surface area contributed by atoms with Crippen LogP contribution in [0.4, 0.5) is 15.8 Å². The maximum atomic E-state index is 13.6. The number of ether oxygens (including phenoxy) is 1. The fourth-order valence-corrected chi connectivity index (χ4v) is 3.96. The summed E-state index contributed by atoms with van der Waals surface area (Å²) in [7, 11) is 0. The molecule has 7 nitrogen and oxygen atoms in total. The number of aryl methyl sites for hydroxylation is 1. The van der Waals surface area contributed by atoms with Crippen LogP contribution in [-0.4, -0.2) is 17.4 Å². The van der Waals surface area contributed by atoms with Gasteiger partial charge in [0, 0.05) is 39.9 Å². The molecule has 35 heavy (non-hydrogen) atoms. The number of amides is 1. The van der Waals surface area contributed by atoms with Crippen LogP contribution in [0.2, 0.25) is 0 Å². The van der Waals surface area contributed by atoms with Crippen LogP contribution < -0.4 is 10.1 Å². The minimum absolute atomic E-state index is 0.116. The predicted molar refractivity (Wildman–Crippen MR) is 133 cm³/mol. The maximum absolute atomic E-state index is 13.6. The fourth-order valence-electron chi connectivity index (χ4n) is 3.96. The van der Waals surface area contributed by atoms with Gasteiger partial charge in [-0.3, -0.25) is 14.9 Å². The van der Waals surface area contributed by atoms with Gasteiger partial charge < -0.3 is 14.5 Å². The molecule has 0 spiro atoms. The number of furan rings is 1. The van der Waals surface area contributed by atoms with Gasteiger partial charge in [0.1, 0.15) is 11.3 Å². The van der Waals surface area contributed by atoms with Crippen molar-refractivity contribution in [2.75, 3.05) is 11.9 Å². The SMILES string of the molecule is CCOc1c(/C(C)=C/C(=O)Nc2ccc(F)c([N+](=O)[O-])c2)cc2c(-c3ccccc3)coc2c1C. The summed E-state index contributed by atoms with van der Waals surface area (Å²) in [5.41, 5.74) is 4.17. The Morgan fingerprint density at radius 3 is 2.63 bits per heavy atom. The van der Waals surface area contributed by atoms with Crippen molar-refractivity contribution in [3.8, 4) is 16.9 Å². The van der Waals surface area contributed by atoms with Gasteiger partial charge in [0.15, 0.2) is 0 Å². The first kappa shape index (κ1) is 23.7. The zero-order valence-electron chi connectivity index (χ0n) is 19.4. The summed E-state index contributed by atoms with van der Waals surface area (Å²) in [4.78, 5) is 22.9. The summed E-state index contributed by atoms with van der Waals surface area (Å²) in [5.74, 6) is -0.883. The monoisotopic (exact) mass is 474 g/mol. The number of fused-ring (bicyclic) bond motifs is 1. The molecule has 0 fully saturated rings. The third kappa shape index (κ3) is 4.77. The second-order valence-corrected chi connectivity index (χ2v) is 7.94. The van der Waals surface area contributed by atoms with Crippen molar-refractivity contribution < 1.29 is 23.3 Å².